The summed E-state index contributed by atoms with van der Waals surface area (Å²) in [5.74, 6) is 0.524. The van der Waals surface area contributed by atoms with Crippen molar-refractivity contribution in [2.75, 3.05) is 11.9 Å². The Morgan fingerprint density at radius 2 is 2.21 bits per heavy atom. The summed E-state index contributed by atoms with van der Waals surface area (Å²) in [6, 6.07) is 7.67. The summed E-state index contributed by atoms with van der Waals surface area (Å²) < 4.78 is 8.30. The fraction of sp³-hybridized carbons (Fsp3) is 0.353. The molecular formula is C17H20N4O2S. The zero-order chi connectivity index (χ0) is 17.3. The van der Waals surface area contributed by atoms with Gasteiger partial charge in [0.25, 0.3) is 5.91 Å². The fourth-order valence-electron chi connectivity index (χ4n) is 2.49. The van der Waals surface area contributed by atoms with Crippen LogP contribution < -0.4 is 10.1 Å². The van der Waals surface area contributed by atoms with Crippen molar-refractivity contribution in [3.8, 4) is 5.75 Å². The molecule has 0 radical (unpaired) electrons. The van der Waals surface area contributed by atoms with Gasteiger partial charge in [0.2, 0.25) is 0 Å². The Kier molecular flexibility index (Phi) is 4.53. The molecule has 0 unspecified atom stereocenters. The zero-order valence-corrected chi connectivity index (χ0v) is 15.0. The van der Waals surface area contributed by atoms with Gasteiger partial charge in [0.15, 0.2) is 5.13 Å². The summed E-state index contributed by atoms with van der Waals surface area (Å²) >= 11 is 1.43. The van der Waals surface area contributed by atoms with Crippen molar-refractivity contribution in [1.29, 1.82) is 0 Å². The number of carbonyl (C=O) groups is 1. The predicted octanol–water partition coefficient (Wildman–Crippen LogP) is 4.03. The number of rotatable bonds is 5. The van der Waals surface area contributed by atoms with Gasteiger partial charge in [-0.15, -0.1) is 0 Å². The number of hydrogen-bond donors (Lipinski definition) is 1. The number of aromatic nitrogens is 3. The molecule has 0 aliphatic rings. The number of benzene rings is 1. The molecule has 1 aromatic carbocycles. The lowest BCUT2D eigenvalue weighted by Gasteiger charge is -2.09. The highest BCUT2D eigenvalue weighted by Crippen LogP contribution is 2.32. The van der Waals surface area contributed by atoms with Crippen LogP contribution in [-0.4, -0.2) is 27.3 Å². The molecule has 0 atom stereocenters. The molecule has 0 spiro atoms. The highest BCUT2D eigenvalue weighted by molar-refractivity contribution is 7.22. The predicted molar refractivity (Wildman–Crippen MR) is 96.1 cm³/mol. The number of amides is 1. The third-order valence-electron chi connectivity index (χ3n) is 3.48. The largest absolute Gasteiger partial charge is 0.492 e. The molecule has 6 nitrogen and oxygen atoms in total. The van der Waals surface area contributed by atoms with Crippen molar-refractivity contribution < 1.29 is 9.53 Å². The third-order valence-corrected chi connectivity index (χ3v) is 4.42. The van der Waals surface area contributed by atoms with Crippen LogP contribution in [0.3, 0.4) is 0 Å². The van der Waals surface area contributed by atoms with Crippen LogP contribution in [0.1, 0.15) is 43.0 Å². The number of aryl methyl sites for hydroxylation is 1. The molecule has 2 aromatic heterocycles. The van der Waals surface area contributed by atoms with Gasteiger partial charge in [-0.25, -0.2) is 4.98 Å². The van der Waals surface area contributed by atoms with Gasteiger partial charge < -0.3 is 4.74 Å². The number of nitrogens with zero attached hydrogens (tertiary/aromatic N) is 3. The minimum absolute atomic E-state index is 0.111. The van der Waals surface area contributed by atoms with Crippen molar-refractivity contribution >= 4 is 32.6 Å². The van der Waals surface area contributed by atoms with E-state index in [1.54, 1.807) is 10.7 Å². The first-order valence-electron chi connectivity index (χ1n) is 7.89. The summed E-state index contributed by atoms with van der Waals surface area (Å²) in [5, 5.41) is 7.80. The summed E-state index contributed by atoms with van der Waals surface area (Å²) in [6.45, 7) is 8.38. The van der Waals surface area contributed by atoms with Crippen LogP contribution in [0.4, 0.5) is 5.13 Å². The maximum absolute atomic E-state index is 12.6. The first-order chi connectivity index (χ1) is 11.5. The van der Waals surface area contributed by atoms with E-state index in [4.69, 9.17) is 4.74 Å². The van der Waals surface area contributed by atoms with Gasteiger partial charge in [0.05, 0.1) is 17.0 Å². The van der Waals surface area contributed by atoms with Gasteiger partial charge >= 0.3 is 0 Å². The summed E-state index contributed by atoms with van der Waals surface area (Å²) in [6.07, 6.45) is 0. The van der Waals surface area contributed by atoms with Gasteiger partial charge in [-0.05, 0) is 45.9 Å². The van der Waals surface area contributed by atoms with Crippen LogP contribution in [0.2, 0.25) is 0 Å². The first-order valence-corrected chi connectivity index (χ1v) is 8.71. The lowest BCUT2D eigenvalue weighted by Crippen LogP contribution is -2.18. The minimum Gasteiger partial charge on any atom is -0.492 e. The van der Waals surface area contributed by atoms with Crippen LogP contribution in [-0.2, 0) is 0 Å². The van der Waals surface area contributed by atoms with Gasteiger partial charge in [0, 0.05) is 6.04 Å². The topological polar surface area (TPSA) is 69.0 Å². The SMILES string of the molecule is CCOc1cccc2sc(NC(=O)c3cc(C)nn3C(C)C)nc12. The number of thiazole rings is 1. The second-order valence-corrected chi connectivity index (χ2v) is 6.75. The number of para-hydroxylation sites is 1. The lowest BCUT2D eigenvalue weighted by atomic mass is 10.3. The van der Waals surface area contributed by atoms with Crippen LogP contribution in [0.15, 0.2) is 24.3 Å². The van der Waals surface area contributed by atoms with Crippen molar-refractivity contribution in [2.45, 2.75) is 33.7 Å². The van der Waals surface area contributed by atoms with E-state index in [1.165, 1.54) is 11.3 Å². The normalized spacial score (nSPS) is 11.2. The average molecular weight is 344 g/mol. The quantitative estimate of drug-likeness (QED) is 0.758. The summed E-state index contributed by atoms with van der Waals surface area (Å²) in [4.78, 5) is 17.1. The number of nitrogens with one attached hydrogen (secondary N) is 1. The molecule has 1 amide bonds. The van der Waals surface area contributed by atoms with Crippen molar-refractivity contribution in [2.24, 2.45) is 0 Å². The van der Waals surface area contributed by atoms with Crippen LogP contribution in [0.25, 0.3) is 10.2 Å². The van der Waals surface area contributed by atoms with E-state index in [1.807, 2.05) is 45.9 Å². The Labute approximate surface area is 144 Å². The molecule has 3 rings (SSSR count). The number of hydrogen-bond acceptors (Lipinski definition) is 5. The summed E-state index contributed by atoms with van der Waals surface area (Å²) in [5.41, 5.74) is 2.12. The van der Waals surface area contributed by atoms with Crippen molar-refractivity contribution in [3.63, 3.8) is 0 Å². The highest BCUT2D eigenvalue weighted by atomic mass is 32.1. The van der Waals surface area contributed by atoms with E-state index in [9.17, 15) is 4.79 Å². The number of fused-ring (bicyclic) bond motifs is 1. The first kappa shape index (κ1) is 16.4. The zero-order valence-electron chi connectivity index (χ0n) is 14.2. The molecule has 24 heavy (non-hydrogen) atoms. The molecule has 0 saturated carbocycles. The number of anilines is 1. The molecular weight excluding hydrogens is 324 g/mol. The third kappa shape index (κ3) is 3.12. The second-order valence-electron chi connectivity index (χ2n) is 5.72. The van der Waals surface area contributed by atoms with E-state index in [0.717, 1.165) is 21.7 Å². The van der Waals surface area contributed by atoms with Crippen molar-refractivity contribution in [3.05, 3.63) is 35.7 Å². The standard InChI is InChI=1S/C17H20N4O2S/c1-5-23-13-7-6-8-14-15(13)18-17(24-14)19-16(22)12-9-11(4)20-21(12)10(2)3/h6-10H,5H2,1-4H3,(H,18,19,22). The molecule has 0 aliphatic heterocycles. The molecule has 2 heterocycles. The Balaban J connectivity index is 1.90. The monoisotopic (exact) mass is 344 g/mol. The Bertz CT molecular complexity index is 882. The molecule has 7 heteroatoms. The summed E-state index contributed by atoms with van der Waals surface area (Å²) in [7, 11) is 0. The van der Waals surface area contributed by atoms with Crippen molar-refractivity contribution in [1.82, 2.24) is 14.8 Å². The van der Waals surface area contributed by atoms with E-state index < -0.39 is 0 Å². The Morgan fingerprint density at radius 1 is 1.42 bits per heavy atom. The van der Waals surface area contributed by atoms with Crippen LogP contribution >= 0.6 is 11.3 Å². The Hall–Kier alpha value is -2.41. The minimum atomic E-state index is -0.207. The molecule has 3 aromatic rings. The maximum atomic E-state index is 12.6. The smallest absolute Gasteiger partial charge is 0.275 e. The number of ether oxygens (including phenoxy) is 1. The fourth-order valence-corrected chi connectivity index (χ4v) is 3.37. The van der Waals surface area contributed by atoms with E-state index in [-0.39, 0.29) is 11.9 Å². The molecule has 0 aliphatic carbocycles. The van der Waals surface area contributed by atoms with E-state index in [0.29, 0.717) is 17.4 Å². The highest BCUT2D eigenvalue weighted by Gasteiger charge is 2.18. The molecule has 0 bridgehead atoms. The second kappa shape index (κ2) is 6.60. The molecule has 0 saturated heterocycles. The Morgan fingerprint density at radius 3 is 2.92 bits per heavy atom. The van der Waals surface area contributed by atoms with Crippen LogP contribution in [0, 0.1) is 6.92 Å². The van der Waals surface area contributed by atoms with E-state index >= 15 is 0 Å². The average Bonchev–Trinajstić information content (AvgIpc) is 3.11. The van der Waals surface area contributed by atoms with Gasteiger partial charge in [-0.1, -0.05) is 17.4 Å². The van der Waals surface area contributed by atoms with Crippen LogP contribution in [0.5, 0.6) is 5.75 Å². The molecule has 126 valence electrons. The molecule has 0 fully saturated rings. The maximum Gasteiger partial charge on any atom is 0.275 e. The van der Waals surface area contributed by atoms with Gasteiger partial charge in [0.1, 0.15) is 17.0 Å². The number of carbonyl (C=O) groups excluding carboxylic acids is 1. The lowest BCUT2D eigenvalue weighted by molar-refractivity contribution is 0.101. The van der Waals surface area contributed by atoms with Gasteiger partial charge in [-0.2, -0.15) is 5.10 Å². The molecule has 1 N–H and O–H groups in total. The van der Waals surface area contributed by atoms with Gasteiger partial charge in [-0.3, -0.25) is 14.8 Å². The van der Waals surface area contributed by atoms with E-state index in [2.05, 4.69) is 15.4 Å².